The van der Waals surface area contributed by atoms with Crippen molar-refractivity contribution in [3.63, 3.8) is 0 Å². The summed E-state index contributed by atoms with van der Waals surface area (Å²) >= 11 is 1.55. The maximum atomic E-state index is 13.6. The van der Waals surface area contributed by atoms with E-state index < -0.39 is 0 Å². The number of hydrazone groups is 1. The van der Waals surface area contributed by atoms with E-state index in [2.05, 4.69) is 44.8 Å². The zero-order valence-electron chi connectivity index (χ0n) is 15.0. The second kappa shape index (κ2) is 8.07. The Morgan fingerprint density at radius 1 is 1.31 bits per heavy atom. The highest BCUT2D eigenvalue weighted by atomic mass is 32.1. The standard InChI is InChI=1S/C20H21FN3PS/c1-4-14-7-5-6-8-16(14)18-12-26-20(23-18)24(3)22-11-15-10-19(25)17(21)9-13(15)2/h5-12H,4,25H2,1-3H3/b22-11+. The predicted octanol–water partition coefficient (Wildman–Crippen LogP) is 4.79. The Kier molecular flexibility index (Phi) is 5.80. The SMILES string of the molecule is CCc1ccccc1-c1csc(N(C)/N=C/c2cc(P)c(F)cc2C)n1. The van der Waals surface area contributed by atoms with Gasteiger partial charge in [0.2, 0.25) is 5.13 Å². The van der Waals surface area contributed by atoms with Gasteiger partial charge in [-0.05, 0) is 42.2 Å². The Labute approximate surface area is 159 Å². The molecule has 0 aliphatic heterocycles. The lowest BCUT2D eigenvalue weighted by atomic mass is 10.0. The molecule has 0 spiro atoms. The molecule has 0 saturated heterocycles. The van der Waals surface area contributed by atoms with Gasteiger partial charge in [0.25, 0.3) is 0 Å². The van der Waals surface area contributed by atoms with E-state index in [1.54, 1.807) is 28.6 Å². The van der Waals surface area contributed by atoms with E-state index in [0.717, 1.165) is 33.9 Å². The summed E-state index contributed by atoms with van der Waals surface area (Å²) in [6, 6.07) is 11.6. The molecule has 0 aliphatic carbocycles. The summed E-state index contributed by atoms with van der Waals surface area (Å²) in [5, 5.41) is 9.62. The number of thiazole rings is 1. The summed E-state index contributed by atoms with van der Waals surface area (Å²) in [6.45, 7) is 4.02. The second-order valence-electron chi connectivity index (χ2n) is 6.02. The van der Waals surface area contributed by atoms with Crippen LogP contribution in [0, 0.1) is 12.7 Å². The predicted molar refractivity (Wildman–Crippen MR) is 113 cm³/mol. The molecule has 0 radical (unpaired) electrons. The third-order valence-corrected chi connectivity index (χ3v) is 5.55. The van der Waals surface area contributed by atoms with E-state index in [0.29, 0.717) is 5.30 Å². The minimum absolute atomic E-state index is 0.225. The average Bonchev–Trinajstić information content (AvgIpc) is 3.13. The lowest BCUT2D eigenvalue weighted by molar-refractivity contribution is 0.635. The fourth-order valence-electron chi connectivity index (χ4n) is 2.66. The average molecular weight is 385 g/mol. The molecule has 1 aromatic heterocycles. The molecule has 0 N–H and O–H groups in total. The molecule has 1 atom stereocenters. The summed E-state index contributed by atoms with van der Waals surface area (Å²) in [5.74, 6) is -0.225. The lowest BCUT2D eigenvalue weighted by Gasteiger charge is -2.09. The summed E-state index contributed by atoms with van der Waals surface area (Å²) in [6.07, 6.45) is 2.71. The van der Waals surface area contributed by atoms with Crippen LogP contribution in [0.15, 0.2) is 46.9 Å². The highest BCUT2D eigenvalue weighted by Gasteiger charge is 2.10. The van der Waals surface area contributed by atoms with Crippen LogP contribution in [0.25, 0.3) is 11.3 Å². The van der Waals surface area contributed by atoms with Crippen LogP contribution >= 0.6 is 20.6 Å². The fourth-order valence-corrected chi connectivity index (χ4v) is 3.67. The smallest absolute Gasteiger partial charge is 0.206 e. The van der Waals surface area contributed by atoms with Crippen LogP contribution in [0.5, 0.6) is 0 Å². The minimum atomic E-state index is -0.225. The van der Waals surface area contributed by atoms with Crippen molar-refractivity contribution < 1.29 is 4.39 Å². The van der Waals surface area contributed by atoms with Crippen LogP contribution in [0.3, 0.4) is 0 Å². The molecule has 0 bridgehead atoms. The van der Waals surface area contributed by atoms with Gasteiger partial charge in [0.1, 0.15) is 5.82 Å². The second-order valence-corrected chi connectivity index (χ2v) is 7.48. The first-order valence-corrected chi connectivity index (χ1v) is 9.82. The molecule has 3 aromatic rings. The third kappa shape index (κ3) is 4.00. The van der Waals surface area contributed by atoms with Crippen molar-refractivity contribution in [3.05, 3.63) is 64.3 Å². The molecule has 1 unspecified atom stereocenters. The number of anilines is 1. The summed E-state index contributed by atoms with van der Waals surface area (Å²) < 4.78 is 13.6. The summed E-state index contributed by atoms with van der Waals surface area (Å²) in [7, 11) is 4.27. The van der Waals surface area contributed by atoms with E-state index in [1.807, 2.05) is 20.0 Å². The number of hydrogen-bond donors (Lipinski definition) is 0. The van der Waals surface area contributed by atoms with Crippen LogP contribution < -0.4 is 10.3 Å². The summed E-state index contributed by atoms with van der Waals surface area (Å²) in [5.41, 5.74) is 5.15. The molecule has 0 amide bonds. The van der Waals surface area contributed by atoms with E-state index in [-0.39, 0.29) is 5.82 Å². The molecule has 2 aromatic carbocycles. The molecular formula is C20H21FN3PS. The zero-order chi connectivity index (χ0) is 18.7. The third-order valence-electron chi connectivity index (χ3n) is 4.20. The van der Waals surface area contributed by atoms with Crippen LogP contribution in [0.1, 0.15) is 23.6 Å². The molecule has 0 saturated carbocycles. The van der Waals surface area contributed by atoms with Crippen molar-refractivity contribution in [3.8, 4) is 11.3 Å². The lowest BCUT2D eigenvalue weighted by Crippen LogP contribution is -2.10. The number of hydrogen-bond acceptors (Lipinski definition) is 4. The monoisotopic (exact) mass is 385 g/mol. The van der Waals surface area contributed by atoms with Gasteiger partial charge in [-0.25, -0.2) is 14.4 Å². The van der Waals surface area contributed by atoms with Gasteiger partial charge in [-0.3, -0.25) is 0 Å². The molecule has 1 heterocycles. The molecule has 3 rings (SSSR count). The number of aryl methyl sites for hydroxylation is 2. The maximum Gasteiger partial charge on any atom is 0.206 e. The molecule has 3 nitrogen and oxygen atoms in total. The number of benzene rings is 2. The molecule has 0 fully saturated rings. The Hall–Kier alpha value is -2.10. The van der Waals surface area contributed by atoms with Crippen LogP contribution in [0.4, 0.5) is 9.52 Å². The van der Waals surface area contributed by atoms with Crippen molar-refractivity contribution in [2.24, 2.45) is 5.10 Å². The van der Waals surface area contributed by atoms with Crippen LogP contribution in [-0.2, 0) is 6.42 Å². The summed E-state index contributed by atoms with van der Waals surface area (Å²) in [4.78, 5) is 4.72. The topological polar surface area (TPSA) is 28.5 Å². The van der Waals surface area contributed by atoms with Gasteiger partial charge >= 0.3 is 0 Å². The van der Waals surface area contributed by atoms with Gasteiger partial charge in [-0.2, -0.15) is 5.10 Å². The van der Waals surface area contributed by atoms with Gasteiger partial charge < -0.3 is 0 Å². The van der Waals surface area contributed by atoms with Crippen LogP contribution in [0.2, 0.25) is 0 Å². The normalized spacial score (nSPS) is 11.3. The van der Waals surface area contributed by atoms with Crippen molar-refractivity contribution in [2.75, 3.05) is 12.1 Å². The Bertz CT molecular complexity index is 952. The molecular weight excluding hydrogens is 364 g/mol. The van der Waals surface area contributed by atoms with E-state index in [9.17, 15) is 4.39 Å². The Morgan fingerprint density at radius 3 is 2.85 bits per heavy atom. The molecule has 6 heteroatoms. The molecule has 26 heavy (non-hydrogen) atoms. The quantitative estimate of drug-likeness (QED) is 0.359. The number of aromatic nitrogens is 1. The minimum Gasteiger partial charge on any atom is -0.242 e. The van der Waals surface area contributed by atoms with Crippen molar-refractivity contribution in [2.45, 2.75) is 20.3 Å². The zero-order valence-corrected chi connectivity index (χ0v) is 17.0. The fraction of sp³-hybridized carbons (Fsp3) is 0.200. The van der Waals surface area contributed by atoms with Gasteiger partial charge in [0, 0.05) is 23.3 Å². The highest BCUT2D eigenvalue weighted by Crippen LogP contribution is 2.29. The molecule has 134 valence electrons. The van der Waals surface area contributed by atoms with Crippen LogP contribution in [-0.4, -0.2) is 18.2 Å². The first-order chi connectivity index (χ1) is 12.5. The van der Waals surface area contributed by atoms with E-state index in [1.165, 1.54) is 11.6 Å². The first-order valence-electron chi connectivity index (χ1n) is 8.36. The van der Waals surface area contributed by atoms with Gasteiger partial charge in [-0.15, -0.1) is 20.6 Å². The highest BCUT2D eigenvalue weighted by molar-refractivity contribution is 7.27. The van der Waals surface area contributed by atoms with E-state index in [4.69, 9.17) is 4.98 Å². The van der Waals surface area contributed by atoms with Crippen molar-refractivity contribution in [1.29, 1.82) is 0 Å². The van der Waals surface area contributed by atoms with Crippen molar-refractivity contribution >= 4 is 37.2 Å². The van der Waals surface area contributed by atoms with E-state index >= 15 is 0 Å². The Morgan fingerprint density at radius 2 is 2.08 bits per heavy atom. The number of rotatable bonds is 5. The number of nitrogens with zero attached hydrogens (tertiary/aromatic N) is 3. The van der Waals surface area contributed by atoms with Gasteiger partial charge in [0.15, 0.2) is 0 Å². The maximum absolute atomic E-state index is 13.6. The largest absolute Gasteiger partial charge is 0.242 e. The van der Waals surface area contributed by atoms with Gasteiger partial charge in [-0.1, -0.05) is 31.2 Å². The van der Waals surface area contributed by atoms with Crippen molar-refractivity contribution in [1.82, 2.24) is 4.98 Å². The number of halogens is 1. The molecule has 0 aliphatic rings. The van der Waals surface area contributed by atoms with Gasteiger partial charge in [0.05, 0.1) is 11.9 Å². The first kappa shape index (κ1) is 18.7. The Balaban J connectivity index is 1.82.